The largest absolute Gasteiger partial charge is 0.504 e. The lowest BCUT2D eigenvalue weighted by Crippen LogP contribution is -2.30. The lowest BCUT2D eigenvalue weighted by atomic mass is 10.1. The Kier molecular flexibility index (Phi) is 4.63. The number of amides is 3. The standard InChI is InChI=1S/C18H15ClN2O4/c1-2-25-16-10-11(3-8-15(16)22)9-14-17(23)21(18(24)20-14)13-6-4-12(19)5-7-13/h3-10,22H,2H2,1H3,(H,20,24)/b14-9+. The summed E-state index contributed by atoms with van der Waals surface area (Å²) in [6.07, 6.45) is 1.53. The molecule has 0 radical (unpaired) electrons. The third-order valence-electron chi connectivity index (χ3n) is 3.56. The van der Waals surface area contributed by atoms with Crippen LogP contribution in [0.1, 0.15) is 12.5 Å². The van der Waals surface area contributed by atoms with Crippen molar-refractivity contribution in [2.75, 3.05) is 11.5 Å². The topological polar surface area (TPSA) is 78.9 Å². The fraction of sp³-hybridized carbons (Fsp3) is 0.111. The van der Waals surface area contributed by atoms with E-state index < -0.39 is 11.9 Å². The quantitative estimate of drug-likeness (QED) is 0.647. The Morgan fingerprint density at radius 3 is 2.60 bits per heavy atom. The Labute approximate surface area is 149 Å². The first-order valence-electron chi connectivity index (χ1n) is 7.58. The summed E-state index contributed by atoms with van der Waals surface area (Å²) in [5.74, 6) is -0.157. The van der Waals surface area contributed by atoms with Crippen molar-refractivity contribution < 1.29 is 19.4 Å². The number of phenols is 1. The van der Waals surface area contributed by atoms with Crippen LogP contribution >= 0.6 is 11.6 Å². The van der Waals surface area contributed by atoms with Crippen LogP contribution in [0, 0.1) is 0 Å². The number of urea groups is 1. The van der Waals surface area contributed by atoms with E-state index in [1.165, 1.54) is 12.1 Å². The lowest BCUT2D eigenvalue weighted by molar-refractivity contribution is -0.113. The van der Waals surface area contributed by atoms with Crippen molar-refractivity contribution in [3.05, 3.63) is 58.7 Å². The highest BCUT2D eigenvalue weighted by Gasteiger charge is 2.34. The fourth-order valence-electron chi connectivity index (χ4n) is 2.42. The van der Waals surface area contributed by atoms with Gasteiger partial charge in [0, 0.05) is 5.02 Å². The van der Waals surface area contributed by atoms with Crippen molar-refractivity contribution in [1.82, 2.24) is 5.32 Å². The molecule has 2 N–H and O–H groups in total. The molecule has 0 spiro atoms. The monoisotopic (exact) mass is 358 g/mol. The lowest BCUT2D eigenvalue weighted by Gasteiger charge is -2.11. The number of carbonyl (C=O) groups excluding carboxylic acids is 2. The third kappa shape index (κ3) is 3.44. The molecule has 0 aliphatic carbocycles. The second kappa shape index (κ2) is 6.86. The van der Waals surface area contributed by atoms with Gasteiger partial charge in [0.25, 0.3) is 5.91 Å². The van der Waals surface area contributed by atoms with E-state index in [1.807, 2.05) is 0 Å². The van der Waals surface area contributed by atoms with Gasteiger partial charge < -0.3 is 15.2 Å². The zero-order chi connectivity index (χ0) is 18.0. The molecule has 6 nitrogen and oxygen atoms in total. The number of anilines is 1. The van der Waals surface area contributed by atoms with Crippen LogP contribution in [0.15, 0.2) is 48.2 Å². The van der Waals surface area contributed by atoms with E-state index in [0.717, 1.165) is 4.90 Å². The molecule has 128 valence electrons. The predicted molar refractivity (Wildman–Crippen MR) is 94.7 cm³/mol. The van der Waals surface area contributed by atoms with Crippen molar-refractivity contribution >= 4 is 35.3 Å². The molecule has 3 rings (SSSR count). The number of halogens is 1. The third-order valence-corrected chi connectivity index (χ3v) is 3.81. The Balaban J connectivity index is 1.90. The maximum atomic E-state index is 12.5. The molecule has 1 heterocycles. The number of ether oxygens (including phenoxy) is 1. The average molecular weight is 359 g/mol. The number of nitrogens with zero attached hydrogens (tertiary/aromatic N) is 1. The summed E-state index contributed by atoms with van der Waals surface area (Å²) < 4.78 is 5.32. The molecule has 0 bridgehead atoms. The molecule has 1 aliphatic rings. The van der Waals surface area contributed by atoms with Gasteiger partial charge in [0.05, 0.1) is 12.3 Å². The van der Waals surface area contributed by atoms with Gasteiger partial charge in [-0.3, -0.25) is 4.79 Å². The molecule has 0 unspecified atom stereocenters. The molecule has 2 aromatic carbocycles. The van der Waals surface area contributed by atoms with Crippen molar-refractivity contribution in [2.45, 2.75) is 6.92 Å². The average Bonchev–Trinajstić information content (AvgIpc) is 2.86. The highest BCUT2D eigenvalue weighted by atomic mass is 35.5. The summed E-state index contributed by atoms with van der Waals surface area (Å²) in [6.45, 7) is 2.20. The van der Waals surface area contributed by atoms with Gasteiger partial charge in [-0.15, -0.1) is 0 Å². The Morgan fingerprint density at radius 2 is 1.92 bits per heavy atom. The van der Waals surface area contributed by atoms with Gasteiger partial charge in [-0.1, -0.05) is 17.7 Å². The minimum absolute atomic E-state index is 0.00794. The van der Waals surface area contributed by atoms with Gasteiger partial charge in [-0.25, -0.2) is 9.69 Å². The van der Waals surface area contributed by atoms with Crippen molar-refractivity contribution in [1.29, 1.82) is 0 Å². The number of aromatic hydroxyl groups is 1. The van der Waals surface area contributed by atoms with Crippen molar-refractivity contribution in [3.63, 3.8) is 0 Å². The van der Waals surface area contributed by atoms with Crippen LogP contribution in [0.25, 0.3) is 6.08 Å². The Hall–Kier alpha value is -2.99. The second-order valence-electron chi connectivity index (χ2n) is 5.27. The first kappa shape index (κ1) is 16.9. The van der Waals surface area contributed by atoms with Crippen LogP contribution in [0.3, 0.4) is 0 Å². The van der Waals surface area contributed by atoms with E-state index in [4.69, 9.17) is 16.3 Å². The molecular formula is C18H15ClN2O4. The summed E-state index contributed by atoms with van der Waals surface area (Å²) >= 11 is 5.83. The van der Waals surface area contributed by atoms with E-state index in [-0.39, 0.29) is 11.4 Å². The van der Waals surface area contributed by atoms with Gasteiger partial charge in [-0.05, 0) is 55.0 Å². The number of imide groups is 1. The normalized spacial score (nSPS) is 15.6. The second-order valence-corrected chi connectivity index (χ2v) is 5.70. The van der Waals surface area contributed by atoms with Gasteiger partial charge in [0.2, 0.25) is 0 Å². The molecule has 2 aromatic rings. The number of benzene rings is 2. The molecule has 25 heavy (non-hydrogen) atoms. The Bertz CT molecular complexity index is 862. The van der Waals surface area contributed by atoms with E-state index in [2.05, 4.69) is 5.32 Å². The Morgan fingerprint density at radius 1 is 1.20 bits per heavy atom. The summed E-state index contributed by atoms with van der Waals surface area (Å²) in [6, 6.07) is 10.5. The zero-order valence-corrected chi connectivity index (χ0v) is 14.1. The molecular weight excluding hydrogens is 344 g/mol. The molecule has 0 aromatic heterocycles. The van der Waals surface area contributed by atoms with Crippen LogP contribution < -0.4 is 15.0 Å². The molecule has 0 saturated carbocycles. The maximum absolute atomic E-state index is 12.5. The van der Waals surface area contributed by atoms with Crippen LogP contribution in [0.4, 0.5) is 10.5 Å². The highest BCUT2D eigenvalue weighted by molar-refractivity contribution is 6.31. The zero-order valence-electron chi connectivity index (χ0n) is 13.3. The minimum atomic E-state index is -0.539. The van der Waals surface area contributed by atoms with Crippen molar-refractivity contribution in [2.24, 2.45) is 0 Å². The summed E-state index contributed by atoms with van der Waals surface area (Å²) in [5, 5.41) is 12.8. The maximum Gasteiger partial charge on any atom is 0.333 e. The number of nitrogens with one attached hydrogen (secondary N) is 1. The van der Waals surface area contributed by atoms with E-state index >= 15 is 0 Å². The predicted octanol–water partition coefficient (Wildman–Crippen LogP) is 3.54. The molecule has 1 aliphatic heterocycles. The molecule has 3 amide bonds. The van der Waals surface area contributed by atoms with Crippen LogP contribution in [0.2, 0.25) is 5.02 Å². The fourth-order valence-corrected chi connectivity index (χ4v) is 2.54. The number of carbonyl (C=O) groups is 2. The molecule has 0 atom stereocenters. The van der Waals surface area contributed by atoms with E-state index in [9.17, 15) is 14.7 Å². The van der Waals surface area contributed by atoms with Gasteiger partial charge in [-0.2, -0.15) is 0 Å². The van der Waals surface area contributed by atoms with Gasteiger partial charge in [0.1, 0.15) is 5.70 Å². The molecule has 7 heteroatoms. The number of rotatable bonds is 4. The van der Waals surface area contributed by atoms with E-state index in [0.29, 0.717) is 28.6 Å². The number of hydrogen-bond acceptors (Lipinski definition) is 4. The first-order chi connectivity index (χ1) is 12.0. The number of hydrogen-bond donors (Lipinski definition) is 2. The van der Waals surface area contributed by atoms with Crippen LogP contribution in [-0.2, 0) is 4.79 Å². The minimum Gasteiger partial charge on any atom is -0.504 e. The van der Waals surface area contributed by atoms with Crippen LogP contribution in [0.5, 0.6) is 11.5 Å². The highest BCUT2D eigenvalue weighted by Crippen LogP contribution is 2.29. The number of phenolic OH excluding ortho intramolecular Hbond substituents is 1. The summed E-state index contributed by atoms with van der Waals surface area (Å²) in [7, 11) is 0. The smallest absolute Gasteiger partial charge is 0.333 e. The first-order valence-corrected chi connectivity index (χ1v) is 7.96. The summed E-state index contributed by atoms with van der Waals surface area (Å²) in [5.41, 5.74) is 1.17. The van der Waals surface area contributed by atoms with Crippen molar-refractivity contribution in [3.8, 4) is 11.5 Å². The SMILES string of the molecule is CCOc1cc(/C=C2/NC(=O)N(c3ccc(Cl)cc3)C2=O)ccc1O. The van der Waals surface area contributed by atoms with Crippen LogP contribution in [-0.4, -0.2) is 23.7 Å². The van der Waals surface area contributed by atoms with Gasteiger partial charge >= 0.3 is 6.03 Å². The molecule has 1 fully saturated rings. The molecule has 1 saturated heterocycles. The van der Waals surface area contributed by atoms with Gasteiger partial charge in [0.15, 0.2) is 11.5 Å². The van der Waals surface area contributed by atoms with E-state index in [1.54, 1.807) is 43.3 Å². The summed E-state index contributed by atoms with van der Waals surface area (Å²) in [4.78, 5) is 25.7.